The molecule has 2 rings (SSSR count). The van der Waals surface area contributed by atoms with E-state index in [1.54, 1.807) is 0 Å². The minimum atomic E-state index is 0. The van der Waals surface area contributed by atoms with E-state index in [1.807, 2.05) is 7.05 Å². The number of likely N-dealkylation sites (tertiary alicyclic amines) is 1. The lowest BCUT2D eigenvalue weighted by molar-refractivity contribution is 0.206. The highest BCUT2D eigenvalue weighted by Gasteiger charge is 2.20. The molecule has 1 aliphatic heterocycles. The molecular weight excluding hydrogens is 461 g/mol. The van der Waals surface area contributed by atoms with E-state index in [-0.39, 0.29) is 24.0 Å². The summed E-state index contributed by atoms with van der Waals surface area (Å²) >= 11 is 0. The van der Waals surface area contributed by atoms with Crippen LogP contribution < -0.4 is 10.6 Å². The van der Waals surface area contributed by atoms with Crippen molar-refractivity contribution in [3.8, 4) is 0 Å². The SMILES string of the molecule is CCCN1CCC(NC(=NC)NCC(c2ccc(CC)cc2)N(C)C)CC1.I. The summed E-state index contributed by atoms with van der Waals surface area (Å²) in [6.07, 6.45) is 4.71. The number of halogens is 1. The molecule has 1 unspecified atom stereocenters. The first kappa shape index (κ1) is 25.2. The van der Waals surface area contributed by atoms with Gasteiger partial charge in [-0.3, -0.25) is 4.99 Å². The van der Waals surface area contributed by atoms with Gasteiger partial charge in [0.15, 0.2) is 5.96 Å². The van der Waals surface area contributed by atoms with Crippen LogP contribution in [0.5, 0.6) is 0 Å². The molecule has 0 amide bonds. The van der Waals surface area contributed by atoms with Crippen LogP contribution in [0, 0.1) is 0 Å². The predicted octanol–water partition coefficient (Wildman–Crippen LogP) is 3.51. The summed E-state index contributed by atoms with van der Waals surface area (Å²) in [5.41, 5.74) is 2.73. The van der Waals surface area contributed by atoms with E-state index >= 15 is 0 Å². The van der Waals surface area contributed by atoms with Gasteiger partial charge in [-0.15, -0.1) is 24.0 Å². The molecule has 28 heavy (non-hydrogen) atoms. The van der Waals surface area contributed by atoms with Crippen LogP contribution in [0.3, 0.4) is 0 Å². The molecule has 1 aromatic carbocycles. The van der Waals surface area contributed by atoms with Crippen molar-refractivity contribution in [3.63, 3.8) is 0 Å². The van der Waals surface area contributed by atoms with E-state index in [1.165, 1.54) is 50.0 Å². The molecule has 0 aliphatic carbocycles. The van der Waals surface area contributed by atoms with E-state index in [0.717, 1.165) is 18.9 Å². The summed E-state index contributed by atoms with van der Waals surface area (Å²) < 4.78 is 0. The standard InChI is InChI=1S/C22H39N5.HI/c1-6-14-27-15-12-20(13-16-27)25-22(23-3)24-17-21(26(4)5)19-10-8-18(7-2)9-11-19;/h8-11,20-21H,6-7,12-17H2,1-5H3,(H2,23,24,25);1H. The van der Waals surface area contributed by atoms with E-state index in [2.05, 4.69) is 77.6 Å². The highest BCUT2D eigenvalue weighted by Crippen LogP contribution is 2.18. The molecule has 2 N–H and O–H groups in total. The van der Waals surface area contributed by atoms with Crippen LogP contribution in [0.1, 0.15) is 50.3 Å². The highest BCUT2D eigenvalue weighted by atomic mass is 127. The van der Waals surface area contributed by atoms with Crippen molar-refractivity contribution in [1.82, 2.24) is 20.4 Å². The minimum absolute atomic E-state index is 0. The molecule has 0 bridgehead atoms. The lowest BCUT2D eigenvalue weighted by atomic mass is 10.0. The van der Waals surface area contributed by atoms with Crippen LogP contribution in [0.15, 0.2) is 29.3 Å². The Morgan fingerprint density at radius 3 is 2.32 bits per heavy atom. The summed E-state index contributed by atoms with van der Waals surface area (Å²) in [6.45, 7) is 8.89. The van der Waals surface area contributed by atoms with Gasteiger partial charge < -0.3 is 20.4 Å². The zero-order valence-corrected chi connectivity index (χ0v) is 20.7. The average molecular weight is 502 g/mol. The number of aliphatic imine (C=N–C) groups is 1. The smallest absolute Gasteiger partial charge is 0.191 e. The van der Waals surface area contributed by atoms with Gasteiger partial charge in [0.1, 0.15) is 0 Å². The van der Waals surface area contributed by atoms with Crippen molar-refractivity contribution < 1.29 is 0 Å². The number of rotatable bonds is 8. The molecule has 1 atom stereocenters. The Hall–Kier alpha value is -0.860. The second-order valence-corrected chi connectivity index (χ2v) is 7.79. The number of piperidine rings is 1. The molecule has 1 fully saturated rings. The average Bonchev–Trinajstić information content (AvgIpc) is 2.69. The fourth-order valence-electron chi connectivity index (χ4n) is 3.77. The van der Waals surface area contributed by atoms with Crippen LogP contribution in [-0.4, -0.2) is 69.1 Å². The Labute approximate surface area is 189 Å². The minimum Gasteiger partial charge on any atom is -0.354 e. The summed E-state index contributed by atoms with van der Waals surface area (Å²) in [7, 11) is 6.14. The number of hydrogen-bond acceptors (Lipinski definition) is 3. The summed E-state index contributed by atoms with van der Waals surface area (Å²) in [4.78, 5) is 9.29. The zero-order chi connectivity index (χ0) is 19.6. The summed E-state index contributed by atoms with van der Waals surface area (Å²) in [5, 5.41) is 7.17. The third-order valence-corrected chi connectivity index (χ3v) is 5.55. The van der Waals surface area contributed by atoms with Crippen molar-refractivity contribution in [2.24, 2.45) is 4.99 Å². The molecule has 1 aromatic rings. The number of likely N-dealkylation sites (N-methyl/N-ethyl adjacent to an activating group) is 1. The zero-order valence-electron chi connectivity index (χ0n) is 18.4. The monoisotopic (exact) mass is 501 g/mol. The first-order chi connectivity index (χ1) is 13.1. The molecule has 160 valence electrons. The van der Waals surface area contributed by atoms with E-state index in [4.69, 9.17) is 0 Å². The summed E-state index contributed by atoms with van der Waals surface area (Å²) in [6, 6.07) is 9.83. The lowest BCUT2D eigenvalue weighted by Crippen LogP contribution is -2.49. The van der Waals surface area contributed by atoms with Gasteiger partial charge in [-0.2, -0.15) is 0 Å². The van der Waals surface area contributed by atoms with Crippen LogP contribution >= 0.6 is 24.0 Å². The second kappa shape index (κ2) is 13.4. The quantitative estimate of drug-likeness (QED) is 0.325. The van der Waals surface area contributed by atoms with Gasteiger partial charge in [0, 0.05) is 32.7 Å². The van der Waals surface area contributed by atoms with E-state index < -0.39 is 0 Å². The molecule has 0 saturated carbocycles. The van der Waals surface area contributed by atoms with Crippen LogP contribution in [0.4, 0.5) is 0 Å². The molecule has 1 aliphatic rings. The molecule has 0 spiro atoms. The Morgan fingerprint density at radius 2 is 1.82 bits per heavy atom. The van der Waals surface area contributed by atoms with Gasteiger partial charge in [-0.1, -0.05) is 38.1 Å². The first-order valence-electron chi connectivity index (χ1n) is 10.5. The Balaban J connectivity index is 0.00000392. The topological polar surface area (TPSA) is 42.9 Å². The number of aryl methyl sites for hydroxylation is 1. The summed E-state index contributed by atoms with van der Waals surface area (Å²) in [5.74, 6) is 0.918. The fourth-order valence-corrected chi connectivity index (χ4v) is 3.77. The van der Waals surface area contributed by atoms with Gasteiger partial charge in [0.05, 0.1) is 6.04 Å². The van der Waals surface area contributed by atoms with Crippen LogP contribution in [-0.2, 0) is 6.42 Å². The second-order valence-electron chi connectivity index (χ2n) is 7.79. The molecule has 1 saturated heterocycles. The van der Waals surface area contributed by atoms with Gasteiger partial charge >= 0.3 is 0 Å². The number of guanidine groups is 1. The molecular formula is C22H40IN5. The van der Waals surface area contributed by atoms with Crippen molar-refractivity contribution >= 4 is 29.9 Å². The van der Waals surface area contributed by atoms with Gasteiger partial charge in [0.25, 0.3) is 0 Å². The third kappa shape index (κ3) is 7.87. The number of nitrogens with one attached hydrogen (secondary N) is 2. The molecule has 5 nitrogen and oxygen atoms in total. The lowest BCUT2D eigenvalue weighted by Gasteiger charge is -2.33. The Kier molecular flexibility index (Phi) is 12.0. The van der Waals surface area contributed by atoms with Crippen molar-refractivity contribution in [1.29, 1.82) is 0 Å². The van der Waals surface area contributed by atoms with Crippen LogP contribution in [0.2, 0.25) is 0 Å². The Bertz CT molecular complexity index is 565. The van der Waals surface area contributed by atoms with Gasteiger partial charge in [-0.05, 0) is 57.5 Å². The van der Waals surface area contributed by atoms with Crippen molar-refractivity contribution in [3.05, 3.63) is 35.4 Å². The van der Waals surface area contributed by atoms with E-state index in [9.17, 15) is 0 Å². The normalized spacial score (nSPS) is 17.3. The molecule has 0 aromatic heterocycles. The maximum Gasteiger partial charge on any atom is 0.191 e. The van der Waals surface area contributed by atoms with E-state index in [0.29, 0.717) is 12.1 Å². The molecule has 0 radical (unpaired) electrons. The molecule has 1 heterocycles. The molecule has 6 heteroatoms. The van der Waals surface area contributed by atoms with Gasteiger partial charge in [0.2, 0.25) is 0 Å². The van der Waals surface area contributed by atoms with Crippen molar-refractivity contribution in [2.45, 2.75) is 51.6 Å². The third-order valence-electron chi connectivity index (χ3n) is 5.55. The highest BCUT2D eigenvalue weighted by molar-refractivity contribution is 14.0. The number of hydrogen-bond donors (Lipinski definition) is 2. The first-order valence-corrected chi connectivity index (χ1v) is 10.5. The number of nitrogens with zero attached hydrogens (tertiary/aromatic N) is 3. The fraction of sp³-hybridized carbons (Fsp3) is 0.682. The van der Waals surface area contributed by atoms with Crippen LogP contribution in [0.25, 0.3) is 0 Å². The number of benzene rings is 1. The maximum atomic E-state index is 4.45. The Morgan fingerprint density at radius 1 is 1.18 bits per heavy atom. The van der Waals surface area contributed by atoms with Crippen molar-refractivity contribution in [2.75, 3.05) is 47.3 Å². The predicted molar refractivity (Wildman–Crippen MR) is 132 cm³/mol. The largest absolute Gasteiger partial charge is 0.354 e. The van der Waals surface area contributed by atoms with Gasteiger partial charge in [-0.25, -0.2) is 0 Å². The maximum absolute atomic E-state index is 4.45.